The van der Waals surface area contributed by atoms with Crippen LogP contribution in [0.15, 0.2) is 15.9 Å². The molecule has 0 radical (unpaired) electrons. The third-order valence-electron chi connectivity index (χ3n) is 2.95. The van der Waals surface area contributed by atoms with Crippen molar-refractivity contribution >= 4 is 27.3 Å². The van der Waals surface area contributed by atoms with Crippen LogP contribution in [0.4, 0.5) is 0 Å². The largest absolute Gasteiger partial charge is 0.309 e. The van der Waals surface area contributed by atoms with Crippen LogP contribution in [-0.4, -0.2) is 6.54 Å². The molecule has 0 aliphatic heterocycles. The standard InChI is InChI=1S/C11H16BrNS/c1-3-13-10(8-6-7(8)2)11-9(12)4-5-14-11/h4-5,7-8,10,13H,3,6H2,1-2H3. The lowest BCUT2D eigenvalue weighted by Gasteiger charge is -2.16. The fourth-order valence-corrected chi connectivity index (χ4v) is 3.77. The normalized spacial score (nSPS) is 27.6. The van der Waals surface area contributed by atoms with Crippen LogP contribution < -0.4 is 5.32 Å². The summed E-state index contributed by atoms with van der Waals surface area (Å²) in [5, 5.41) is 5.76. The Hall–Kier alpha value is 0.140. The maximum Gasteiger partial charge on any atom is 0.0457 e. The molecule has 1 heterocycles. The number of rotatable bonds is 4. The van der Waals surface area contributed by atoms with E-state index in [0.717, 1.165) is 18.4 Å². The molecule has 1 aliphatic carbocycles. The van der Waals surface area contributed by atoms with Crippen LogP contribution in [0.25, 0.3) is 0 Å². The summed E-state index contributed by atoms with van der Waals surface area (Å²) in [6, 6.07) is 2.72. The monoisotopic (exact) mass is 273 g/mol. The van der Waals surface area contributed by atoms with E-state index < -0.39 is 0 Å². The van der Waals surface area contributed by atoms with Gasteiger partial charge in [-0.1, -0.05) is 13.8 Å². The van der Waals surface area contributed by atoms with Crippen LogP contribution in [0.2, 0.25) is 0 Å². The topological polar surface area (TPSA) is 12.0 Å². The molecule has 0 amide bonds. The summed E-state index contributed by atoms with van der Waals surface area (Å²) in [5.74, 6) is 1.75. The zero-order valence-corrected chi connectivity index (χ0v) is 11.0. The molecule has 0 saturated heterocycles. The van der Waals surface area contributed by atoms with E-state index in [1.165, 1.54) is 15.8 Å². The molecule has 78 valence electrons. The Balaban J connectivity index is 2.14. The van der Waals surface area contributed by atoms with Gasteiger partial charge in [0.1, 0.15) is 0 Å². The SMILES string of the molecule is CCNC(c1sccc1Br)C1CC1C. The molecule has 1 nitrogen and oxygen atoms in total. The molecule has 1 aliphatic rings. The maximum atomic E-state index is 3.62. The second kappa shape index (κ2) is 4.33. The first-order valence-corrected chi connectivity index (χ1v) is 6.87. The molecule has 3 heteroatoms. The van der Waals surface area contributed by atoms with Crippen molar-refractivity contribution in [2.24, 2.45) is 11.8 Å². The lowest BCUT2D eigenvalue weighted by atomic mass is 10.1. The second-order valence-corrected chi connectivity index (χ2v) is 5.85. The second-order valence-electron chi connectivity index (χ2n) is 4.04. The first-order valence-electron chi connectivity index (χ1n) is 5.20. The average Bonchev–Trinajstić information content (AvgIpc) is 2.71. The van der Waals surface area contributed by atoms with E-state index in [-0.39, 0.29) is 0 Å². The molecule has 1 aromatic rings. The minimum atomic E-state index is 0.573. The van der Waals surface area contributed by atoms with Crippen LogP contribution in [0, 0.1) is 11.8 Å². The molecule has 3 unspecified atom stereocenters. The third kappa shape index (κ3) is 2.05. The van der Waals surface area contributed by atoms with Crippen molar-refractivity contribution in [3.05, 3.63) is 20.8 Å². The molecule has 1 aromatic heterocycles. The van der Waals surface area contributed by atoms with Crippen LogP contribution >= 0.6 is 27.3 Å². The van der Waals surface area contributed by atoms with Crippen LogP contribution in [0.5, 0.6) is 0 Å². The van der Waals surface area contributed by atoms with Crippen molar-refractivity contribution < 1.29 is 0 Å². The number of nitrogens with one attached hydrogen (secondary N) is 1. The van der Waals surface area contributed by atoms with E-state index >= 15 is 0 Å². The Bertz CT molecular complexity index is 310. The highest BCUT2D eigenvalue weighted by Gasteiger charge is 2.40. The predicted octanol–water partition coefficient (Wildman–Crippen LogP) is 3.82. The van der Waals surface area contributed by atoms with E-state index in [1.54, 1.807) is 0 Å². The van der Waals surface area contributed by atoms with Gasteiger partial charge in [-0.2, -0.15) is 0 Å². The number of halogens is 1. The Labute approximate surface area is 98.0 Å². The van der Waals surface area contributed by atoms with Crippen LogP contribution in [0.3, 0.4) is 0 Å². The van der Waals surface area contributed by atoms with Gasteiger partial charge in [0, 0.05) is 15.4 Å². The highest BCUT2D eigenvalue weighted by Crippen LogP contribution is 2.49. The van der Waals surface area contributed by atoms with Crippen LogP contribution in [-0.2, 0) is 0 Å². The molecular formula is C11H16BrNS. The molecule has 2 rings (SSSR count). The van der Waals surface area contributed by atoms with Gasteiger partial charge in [-0.05, 0) is 52.2 Å². The van der Waals surface area contributed by atoms with Crippen molar-refractivity contribution in [1.82, 2.24) is 5.32 Å². The average molecular weight is 274 g/mol. The van der Waals surface area contributed by atoms with Gasteiger partial charge in [0.05, 0.1) is 0 Å². The van der Waals surface area contributed by atoms with Crippen molar-refractivity contribution in [3.8, 4) is 0 Å². The van der Waals surface area contributed by atoms with Gasteiger partial charge in [-0.15, -0.1) is 11.3 Å². The molecule has 3 atom stereocenters. The zero-order chi connectivity index (χ0) is 10.1. The zero-order valence-electron chi connectivity index (χ0n) is 8.59. The minimum absolute atomic E-state index is 0.573. The van der Waals surface area contributed by atoms with Gasteiger partial charge in [0.15, 0.2) is 0 Å². The van der Waals surface area contributed by atoms with E-state index in [1.807, 2.05) is 11.3 Å². The summed E-state index contributed by atoms with van der Waals surface area (Å²) < 4.78 is 1.27. The number of hydrogen-bond donors (Lipinski definition) is 1. The van der Waals surface area contributed by atoms with E-state index in [0.29, 0.717) is 6.04 Å². The molecule has 14 heavy (non-hydrogen) atoms. The fourth-order valence-electron chi connectivity index (χ4n) is 2.00. The van der Waals surface area contributed by atoms with Gasteiger partial charge in [-0.3, -0.25) is 0 Å². The lowest BCUT2D eigenvalue weighted by molar-refractivity contribution is 0.481. The lowest BCUT2D eigenvalue weighted by Crippen LogP contribution is -2.22. The van der Waals surface area contributed by atoms with Gasteiger partial charge >= 0.3 is 0 Å². The Kier molecular flexibility index (Phi) is 3.30. The Morgan fingerprint density at radius 2 is 2.43 bits per heavy atom. The minimum Gasteiger partial charge on any atom is -0.309 e. The van der Waals surface area contributed by atoms with Crippen LogP contribution in [0.1, 0.15) is 31.2 Å². The van der Waals surface area contributed by atoms with E-state index in [2.05, 4.69) is 46.5 Å². The highest BCUT2D eigenvalue weighted by molar-refractivity contribution is 9.10. The Morgan fingerprint density at radius 3 is 2.86 bits per heavy atom. The van der Waals surface area contributed by atoms with Crippen molar-refractivity contribution in [3.63, 3.8) is 0 Å². The summed E-state index contributed by atoms with van der Waals surface area (Å²) in [6.07, 6.45) is 1.38. The summed E-state index contributed by atoms with van der Waals surface area (Å²) in [7, 11) is 0. The van der Waals surface area contributed by atoms with Gasteiger partial charge < -0.3 is 5.32 Å². The molecule has 0 bridgehead atoms. The first-order chi connectivity index (χ1) is 6.74. The number of hydrogen-bond acceptors (Lipinski definition) is 2. The fraction of sp³-hybridized carbons (Fsp3) is 0.636. The molecular weight excluding hydrogens is 258 g/mol. The number of thiophene rings is 1. The van der Waals surface area contributed by atoms with E-state index in [4.69, 9.17) is 0 Å². The van der Waals surface area contributed by atoms with Crippen molar-refractivity contribution in [2.75, 3.05) is 6.54 Å². The maximum absolute atomic E-state index is 3.62. The molecule has 1 saturated carbocycles. The first kappa shape index (κ1) is 10.7. The summed E-state index contributed by atoms with van der Waals surface area (Å²) in [5.41, 5.74) is 0. The molecule has 0 aromatic carbocycles. The Morgan fingerprint density at radius 1 is 1.71 bits per heavy atom. The molecule has 0 spiro atoms. The molecule has 1 N–H and O–H groups in total. The third-order valence-corrected chi connectivity index (χ3v) is 4.91. The van der Waals surface area contributed by atoms with Gasteiger partial charge in [0.25, 0.3) is 0 Å². The smallest absolute Gasteiger partial charge is 0.0457 e. The summed E-state index contributed by atoms with van der Waals surface area (Å²) in [4.78, 5) is 1.47. The highest BCUT2D eigenvalue weighted by atomic mass is 79.9. The summed E-state index contributed by atoms with van der Waals surface area (Å²) in [6.45, 7) is 5.58. The van der Waals surface area contributed by atoms with Gasteiger partial charge in [-0.25, -0.2) is 0 Å². The predicted molar refractivity (Wildman–Crippen MR) is 65.7 cm³/mol. The van der Waals surface area contributed by atoms with Crippen molar-refractivity contribution in [2.45, 2.75) is 26.3 Å². The quantitative estimate of drug-likeness (QED) is 0.880. The van der Waals surface area contributed by atoms with Gasteiger partial charge in [0.2, 0.25) is 0 Å². The van der Waals surface area contributed by atoms with E-state index in [9.17, 15) is 0 Å². The summed E-state index contributed by atoms with van der Waals surface area (Å²) >= 11 is 5.48. The van der Waals surface area contributed by atoms with Crippen molar-refractivity contribution in [1.29, 1.82) is 0 Å². The molecule has 1 fully saturated rings.